The minimum absolute atomic E-state index is 0.150. The molecule has 3 rings (SSSR count). The number of imidazole rings is 1. The minimum atomic E-state index is -0.150. The van der Waals surface area contributed by atoms with E-state index >= 15 is 0 Å². The van der Waals surface area contributed by atoms with E-state index in [-0.39, 0.29) is 5.41 Å². The number of carbonyl (C=O) groups excluding carboxylic acids is 1. The number of ether oxygens (including phenoxy) is 1. The Morgan fingerprint density at radius 3 is 3.00 bits per heavy atom. The van der Waals surface area contributed by atoms with Gasteiger partial charge < -0.3 is 14.2 Å². The van der Waals surface area contributed by atoms with Crippen molar-refractivity contribution in [2.45, 2.75) is 25.8 Å². The van der Waals surface area contributed by atoms with Gasteiger partial charge in [0.05, 0.1) is 18.3 Å². The zero-order valence-corrected chi connectivity index (χ0v) is 11.4. The second kappa shape index (κ2) is 4.96. The van der Waals surface area contributed by atoms with E-state index < -0.39 is 0 Å². The molecule has 1 atom stereocenters. The van der Waals surface area contributed by atoms with E-state index in [1.54, 1.807) is 19.6 Å². The summed E-state index contributed by atoms with van der Waals surface area (Å²) in [5.41, 5.74) is -0.150. The molecule has 0 spiro atoms. The predicted molar refractivity (Wildman–Crippen MR) is 70.5 cm³/mol. The molecule has 19 heavy (non-hydrogen) atoms. The molecule has 0 aromatic carbocycles. The molecule has 104 valence electrons. The first-order chi connectivity index (χ1) is 9.23. The lowest BCUT2D eigenvalue weighted by Gasteiger charge is -2.23. The SMILES string of the molecule is COCC1CCN(C(=O)C2(Cn3ccnc3)CC2)C1. The van der Waals surface area contributed by atoms with Crippen molar-refractivity contribution < 1.29 is 9.53 Å². The molecule has 5 nitrogen and oxygen atoms in total. The summed E-state index contributed by atoms with van der Waals surface area (Å²) < 4.78 is 7.21. The van der Waals surface area contributed by atoms with Crippen LogP contribution in [0, 0.1) is 11.3 Å². The quantitative estimate of drug-likeness (QED) is 0.801. The van der Waals surface area contributed by atoms with Gasteiger partial charge in [0.1, 0.15) is 0 Å². The summed E-state index contributed by atoms with van der Waals surface area (Å²) in [6, 6.07) is 0. The number of aromatic nitrogens is 2. The van der Waals surface area contributed by atoms with E-state index in [0.717, 1.165) is 45.5 Å². The van der Waals surface area contributed by atoms with E-state index in [1.807, 2.05) is 15.7 Å². The molecule has 2 aliphatic rings. The van der Waals surface area contributed by atoms with Crippen LogP contribution in [0.3, 0.4) is 0 Å². The number of methoxy groups -OCH3 is 1. The molecule has 0 radical (unpaired) electrons. The molecular weight excluding hydrogens is 242 g/mol. The van der Waals surface area contributed by atoms with Crippen molar-refractivity contribution >= 4 is 5.91 Å². The van der Waals surface area contributed by atoms with Gasteiger partial charge in [-0.15, -0.1) is 0 Å². The number of likely N-dealkylation sites (tertiary alicyclic amines) is 1. The molecule has 1 saturated heterocycles. The van der Waals surface area contributed by atoms with Gasteiger partial charge in [0.2, 0.25) is 5.91 Å². The van der Waals surface area contributed by atoms with Gasteiger partial charge in [0.25, 0.3) is 0 Å². The van der Waals surface area contributed by atoms with Gasteiger partial charge in [0.15, 0.2) is 0 Å². The van der Waals surface area contributed by atoms with E-state index in [4.69, 9.17) is 4.74 Å². The first-order valence-corrected chi connectivity index (χ1v) is 6.97. The molecule has 2 heterocycles. The Kier molecular flexibility index (Phi) is 3.31. The molecule has 0 bridgehead atoms. The molecule has 1 aromatic heterocycles. The Bertz CT molecular complexity index is 440. The molecule has 1 unspecified atom stereocenters. The van der Waals surface area contributed by atoms with Crippen molar-refractivity contribution in [3.8, 4) is 0 Å². The highest BCUT2D eigenvalue weighted by Gasteiger charge is 2.52. The van der Waals surface area contributed by atoms with Gasteiger partial charge in [-0.25, -0.2) is 4.98 Å². The summed E-state index contributed by atoms with van der Waals surface area (Å²) in [6.45, 7) is 3.28. The van der Waals surface area contributed by atoms with Crippen molar-refractivity contribution in [1.29, 1.82) is 0 Å². The first-order valence-electron chi connectivity index (χ1n) is 6.97. The zero-order valence-electron chi connectivity index (χ0n) is 11.4. The third kappa shape index (κ3) is 2.52. The van der Waals surface area contributed by atoms with Crippen LogP contribution < -0.4 is 0 Å². The van der Waals surface area contributed by atoms with Crippen LogP contribution in [0.15, 0.2) is 18.7 Å². The molecule has 1 saturated carbocycles. The Balaban J connectivity index is 1.61. The maximum Gasteiger partial charge on any atom is 0.230 e. The highest BCUT2D eigenvalue weighted by atomic mass is 16.5. The average molecular weight is 263 g/mol. The summed E-state index contributed by atoms with van der Waals surface area (Å²) in [4.78, 5) is 18.7. The Hall–Kier alpha value is -1.36. The fourth-order valence-electron chi connectivity index (χ4n) is 3.04. The number of amides is 1. The number of nitrogens with zero attached hydrogens (tertiary/aromatic N) is 3. The Labute approximate surface area is 113 Å². The topological polar surface area (TPSA) is 47.4 Å². The van der Waals surface area contributed by atoms with Gasteiger partial charge in [-0.3, -0.25) is 4.79 Å². The predicted octanol–water partition coefficient (Wildman–Crippen LogP) is 1.16. The van der Waals surface area contributed by atoms with E-state index in [2.05, 4.69) is 4.98 Å². The molecule has 1 aliphatic heterocycles. The summed E-state index contributed by atoms with van der Waals surface area (Å²) in [5.74, 6) is 0.845. The molecular formula is C14H21N3O2. The average Bonchev–Trinajstić information content (AvgIpc) is 2.81. The Morgan fingerprint density at radius 2 is 2.37 bits per heavy atom. The van der Waals surface area contributed by atoms with E-state index in [1.165, 1.54) is 0 Å². The minimum Gasteiger partial charge on any atom is -0.384 e. The number of rotatable bonds is 5. The van der Waals surface area contributed by atoms with Gasteiger partial charge in [-0.2, -0.15) is 0 Å². The molecule has 5 heteroatoms. The van der Waals surface area contributed by atoms with Crippen LogP contribution in [-0.4, -0.2) is 47.2 Å². The first kappa shape index (κ1) is 12.7. The fraction of sp³-hybridized carbons (Fsp3) is 0.714. The third-order valence-electron chi connectivity index (χ3n) is 4.33. The number of hydrogen-bond donors (Lipinski definition) is 0. The van der Waals surface area contributed by atoms with Gasteiger partial charge >= 0.3 is 0 Å². The third-order valence-corrected chi connectivity index (χ3v) is 4.33. The maximum atomic E-state index is 12.7. The monoisotopic (exact) mass is 263 g/mol. The lowest BCUT2D eigenvalue weighted by atomic mass is 10.1. The van der Waals surface area contributed by atoms with Crippen LogP contribution in [0.2, 0.25) is 0 Å². The lowest BCUT2D eigenvalue weighted by molar-refractivity contribution is -0.136. The van der Waals surface area contributed by atoms with Crippen LogP contribution >= 0.6 is 0 Å². The smallest absolute Gasteiger partial charge is 0.230 e. The van der Waals surface area contributed by atoms with Gasteiger partial charge in [-0.1, -0.05) is 0 Å². The van der Waals surface area contributed by atoms with Crippen molar-refractivity contribution in [3.05, 3.63) is 18.7 Å². The fourth-order valence-corrected chi connectivity index (χ4v) is 3.04. The number of carbonyl (C=O) groups is 1. The van der Waals surface area contributed by atoms with E-state index in [9.17, 15) is 4.79 Å². The van der Waals surface area contributed by atoms with Crippen molar-refractivity contribution in [2.24, 2.45) is 11.3 Å². The highest BCUT2D eigenvalue weighted by molar-refractivity contribution is 5.85. The summed E-state index contributed by atoms with van der Waals surface area (Å²) in [7, 11) is 1.73. The van der Waals surface area contributed by atoms with Crippen molar-refractivity contribution in [3.63, 3.8) is 0 Å². The second-order valence-corrected chi connectivity index (χ2v) is 5.88. The second-order valence-electron chi connectivity index (χ2n) is 5.88. The van der Waals surface area contributed by atoms with E-state index in [0.29, 0.717) is 11.8 Å². The Morgan fingerprint density at radius 1 is 1.53 bits per heavy atom. The summed E-state index contributed by atoms with van der Waals surface area (Å²) in [6.07, 6.45) is 8.59. The zero-order chi connectivity index (χ0) is 13.3. The van der Waals surface area contributed by atoms with Crippen LogP contribution in [0.5, 0.6) is 0 Å². The van der Waals surface area contributed by atoms with Gasteiger partial charge in [0, 0.05) is 45.1 Å². The summed E-state index contributed by atoms with van der Waals surface area (Å²) >= 11 is 0. The molecule has 1 amide bonds. The lowest BCUT2D eigenvalue weighted by Crippen LogP contribution is -2.37. The normalized spacial score (nSPS) is 24.7. The molecule has 0 N–H and O–H groups in total. The van der Waals surface area contributed by atoms with Crippen LogP contribution in [0.4, 0.5) is 0 Å². The highest BCUT2D eigenvalue weighted by Crippen LogP contribution is 2.49. The largest absolute Gasteiger partial charge is 0.384 e. The van der Waals surface area contributed by atoms with Gasteiger partial charge in [-0.05, 0) is 19.3 Å². The summed E-state index contributed by atoms with van der Waals surface area (Å²) in [5, 5.41) is 0. The molecule has 1 aliphatic carbocycles. The maximum absolute atomic E-state index is 12.7. The van der Waals surface area contributed by atoms with Crippen LogP contribution in [0.1, 0.15) is 19.3 Å². The molecule has 2 fully saturated rings. The number of hydrogen-bond acceptors (Lipinski definition) is 3. The van der Waals surface area contributed by atoms with Crippen molar-refractivity contribution in [2.75, 3.05) is 26.8 Å². The van der Waals surface area contributed by atoms with Crippen LogP contribution in [-0.2, 0) is 16.1 Å². The van der Waals surface area contributed by atoms with Crippen LogP contribution in [0.25, 0.3) is 0 Å². The standard InChI is InChI=1S/C14H21N3O2/c1-19-9-12-2-6-17(8-12)13(18)14(3-4-14)10-16-7-5-15-11-16/h5,7,11-12H,2-4,6,8-10H2,1H3. The molecule has 1 aromatic rings. The van der Waals surface area contributed by atoms with Crippen molar-refractivity contribution in [1.82, 2.24) is 14.5 Å².